The van der Waals surface area contributed by atoms with Crippen molar-refractivity contribution in [3.8, 4) is 0 Å². The summed E-state index contributed by atoms with van der Waals surface area (Å²) in [4.78, 5) is 34.8. The van der Waals surface area contributed by atoms with Gasteiger partial charge in [-0.2, -0.15) is 0 Å². The second-order valence-electron chi connectivity index (χ2n) is 4.01. The van der Waals surface area contributed by atoms with Gasteiger partial charge in [0.2, 0.25) is 0 Å². The average molecular weight is 252 g/mol. The predicted molar refractivity (Wildman–Crippen MR) is 57.5 cm³/mol. The van der Waals surface area contributed by atoms with Gasteiger partial charge in [0.05, 0.1) is 32.3 Å². The molecule has 6 nitrogen and oxygen atoms in total. The third kappa shape index (κ3) is 1.38. The number of ether oxygens (including phenoxy) is 2. The van der Waals surface area contributed by atoms with E-state index in [2.05, 4.69) is 9.47 Å². The number of methoxy groups -OCH3 is 2. The van der Waals surface area contributed by atoms with Gasteiger partial charge in [-0.05, 0) is 12.1 Å². The minimum absolute atomic E-state index is 0.392. The molecule has 0 radical (unpaired) electrons. The Kier molecular flexibility index (Phi) is 2.94. The zero-order valence-electron chi connectivity index (χ0n) is 9.91. The molecule has 6 heteroatoms. The highest BCUT2D eigenvalue weighted by Gasteiger charge is 2.78. The van der Waals surface area contributed by atoms with Gasteiger partial charge in [0, 0.05) is 0 Å². The van der Waals surface area contributed by atoms with Crippen LogP contribution in [0.1, 0.15) is 11.7 Å². The van der Waals surface area contributed by atoms with E-state index in [1.165, 1.54) is 6.26 Å². The van der Waals surface area contributed by atoms with Crippen molar-refractivity contribution in [2.75, 3.05) is 14.2 Å². The standard InChI is InChI=1S/C12H12O6/c1-16-10(14)12(11(15)17-2)7(6-13)9(12)8-4-3-5-18-8/h3-7,9H,1-2H3/t7-,9+/m1/s1. The molecular weight excluding hydrogens is 240 g/mol. The number of carbonyl (C=O) groups excluding carboxylic acids is 3. The first-order chi connectivity index (χ1) is 8.64. The molecule has 0 aromatic carbocycles. The molecule has 96 valence electrons. The van der Waals surface area contributed by atoms with Gasteiger partial charge in [-0.3, -0.25) is 9.59 Å². The zero-order valence-corrected chi connectivity index (χ0v) is 9.91. The normalized spacial score (nSPS) is 24.1. The van der Waals surface area contributed by atoms with Gasteiger partial charge in [-0.15, -0.1) is 0 Å². The lowest BCUT2D eigenvalue weighted by atomic mass is 10.0. The molecular formula is C12H12O6. The Morgan fingerprint density at radius 2 is 1.94 bits per heavy atom. The topological polar surface area (TPSA) is 82.8 Å². The van der Waals surface area contributed by atoms with Gasteiger partial charge in [0.25, 0.3) is 0 Å². The monoisotopic (exact) mass is 252 g/mol. The number of rotatable bonds is 4. The number of hydrogen-bond donors (Lipinski definition) is 0. The molecule has 0 unspecified atom stereocenters. The van der Waals surface area contributed by atoms with Crippen molar-refractivity contribution in [1.82, 2.24) is 0 Å². The van der Waals surface area contributed by atoms with Crippen LogP contribution >= 0.6 is 0 Å². The summed E-state index contributed by atoms with van der Waals surface area (Å²) < 4.78 is 14.4. The van der Waals surface area contributed by atoms with Crippen LogP contribution in [-0.4, -0.2) is 32.4 Å². The van der Waals surface area contributed by atoms with E-state index >= 15 is 0 Å². The molecule has 0 N–H and O–H groups in total. The average Bonchev–Trinajstić information content (AvgIpc) is 2.79. The molecule has 1 saturated carbocycles. The van der Waals surface area contributed by atoms with Crippen molar-refractivity contribution in [1.29, 1.82) is 0 Å². The highest BCUT2D eigenvalue weighted by atomic mass is 16.5. The van der Waals surface area contributed by atoms with Gasteiger partial charge in [-0.25, -0.2) is 0 Å². The molecule has 2 atom stereocenters. The fraction of sp³-hybridized carbons (Fsp3) is 0.417. The summed E-state index contributed by atoms with van der Waals surface area (Å²) in [6.45, 7) is 0. The fourth-order valence-corrected chi connectivity index (χ4v) is 2.42. The van der Waals surface area contributed by atoms with E-state index in [0.29, 0.717) is 12.0 Å². The van der Waals surface area contributed by atoms with E-state index in [0.717, 1.165) is 14.2 Å². The Morgan fingerprint density at radius 3 is 2.33 bits per heavy atom. The Balaban J connectivity index is 2.45. The first-order valence-corrected chi connectivity index (χ1v) is 5.30. The molecule has 1 aromatic rings. The van der Waals surface area contributed by atoms with Gasteiger partial charge >= 0.3 is 11.9 Å². The number of furan rings is 1. The largest absolute Gasteiger partial charge is 0.469 e. The van der Waals surface area contributed by atoms with Crippen LogP contribution in [0.3, 0.4) is 0 Å². The van der Waals surface area contributed by atoms with E-state index in [9.17, 15) is 14.4 Å². The van der Waals surface area contributed by atoms with Crippen LogP contribution in [-0.2, 0) is 23.9 Å². The van der Waals surface area contributed by atoms with Crippen LogP contribution in [0.2, 0.25) is 0 Å². The van der Waals surface area contributed by atoms with Crippen molar-refractivity contribution in [2.45, 2.75) is 5.92 Å². The predicted octanol–water partition coefficient (Wildman–Crippen LogP) is 0.524. The van der Waals surface area contributed by atoms with Gasteiger partial charge < -0.3 is 18.7 Å². The van der Waals surface area contributed by atoms with Crippen LogP contribution in [0.15, 0.2) is 22.8 Å². The number of carbonyl (C=O) groups is 3. The van der Waals surface area contributed by atoms with E-state index in [1.54, 1.807) is 12.1 Å². The van der Waals surface area contributed by atoms with Crippen molar-refractivity contribution in [2.24, 2.45) is 11.3 Å². The third-order valence-corrected chi connectivity index (χ3v) is 3.31. The minimum atomic E-state index is -1.61. The molecule has 1 aliphatic carbocycles. The molecule has 18 heavy (non-hydrogen) atoms. The second-order valence-corrected chi connectivity index (χ2v) is 4.01. The fourth-order valence-electron chi connectivity index (χ4n) is 2.42. The maximum absolute atomic E-state index is 11.8. The SMILES string of the molecule is COC(=O)C1(C(=O)OC)[C@H](C=O)[C@H]1c1ccco1. The van der Waals surface area contributed by atoms with Gasteiger partial charge in [0.15, 0.2) is 5.41 Å². The van der Waals surface area contributed by atoms with Crippen LogP contribution in [0.4, 0.5) is 0 Å². The summed E-state index contributed by atoms with van der Waals surface area (Å²) in [6.07, 6.45) is 1.97. The van der Waals surface area contributed by atoms with E-state index < -0.39 is 29.2 Å². The van der Waals surface area contributed by atoms with Crippen molar-refractivity contribution >= 4 is 18.2 Å². The number of aldehydes is 1. The molecule has 1 heterocycles. The zero-order chi connectivity index (χ0) is 13.3. The molecule has 0 bridgehead atoms. The van der Waals surface area contributed by atoms with Crippen LogP contribution in [0.25, 0.3) is 0 Å². The first-order valence-electron chi connectivity index (χ1n) is 5.30. The Hall–Kier alpha value is -2.11. The maximum Gasteiger partial charge on any atom is 0.324 e. The van der Waals surface area contributed by atoms with Crippen molar-refractivity contribution in [3.05, 3.63) is 24.2 Å². The summed E-state index contributed by atoms with van der Waals surface area (Å²) >= 11 is 0. The van der Waals surface area contributed by atoms with Crippen molar-refractivity contribution in [3.63, 3.8) is 0 Å². The maximum atomic E-state index is 11.8. The lowest BCUT2D eigenvalue weighted by Gasteiger charge is -2.11. The lowest BCUT2D eigenvalue weighted by Crippen LogP contribution is -2.32. The van der Waals surface area contributed by atoms with E-state index in [4.69, 9.17) is 4.42 Å². The molecule has 1 aliphatic rings. The van der Waals surface area contributed by atoms with Crippen molar-refractivity contribution < 1.29 is 28.3 Å². The van der Waals surface area contributed by atoms with E-state index in [-0.39, 0.29) is 0 Å². The lowest BCUT2D eigenvalue weighted by molar-refractivity contribution is -0.163. The molecule has 0 spiro atoms. The van der Waals surface area contributed by atoms with E-state index in [1.807, 2.05) is 0 Å². The highest BCUT2D eigenvalue weighted by molar-refractivity contribution is 6.09. The molecule has 0 amide bonds. The Bertz CT molecular complexity index is 459. The molecule has 1 fully saturated rings. The summed E-state index contributed by atoms with van der Waals surface area (Å²) in [6, 6.07) is 3.23. The molecule has 0 saturated heterocycles. The summed E-state index contributed by atoms with van der Waals surface area (Å²) in [7, 11) is 2.32. The number of esters is 2. The number of hydrogen-bond acceptors (Lipinski definition) is 6. The Labute approximate surface area is 103 Å². The van der Waals surface area contributed by atoms with Crippen LogP contribution in [0, 0.1) is 11.3 Å². The smallest absolute Gasteiger partial charge is 0.324 e. The summed E-state index contributed by atoms with van der Waals surface area (Å²) in [5.41, 5.74) is -1.61. The molecule has 2 rings (SSSR count). The Morgan fingerprint density at radius 1 is 1.33 bits per heavy atom. The van der Waals surface area contributed by atoms with Crippen LogP contribution in [0.5, 0.6) is 0 Å². The summed E-state index contributed by atoms with van der Waals surface area (Å²) in [5.74, 6) is -2.66. The molecule has 0 aliphatic heterocycles. The van der Waals surface area contributed by atoms with Crippen LogP contribution < -0.4 is 0 Å². The third-order valence-electron chi connectivity index (χ3n) is 3.31. The summed E-state index contributed by atoms with van der Waals surface area (Å²) in [5, 5.41) is 0. The van der Waals surface area contributed by atoms with Gasteiger partial charge in [0.1, 0.15) is 12.0 Å². The first kappa shape index (κ1) is 12.3. The quantitative estimate of drug-likeness (QED) is 0.441. The highest BCUT2D eigenvalue weighted by Crippen LogP contribution is 2.65. The molecule has 1 aromatic heterocycles. The second kappa shape index (κ2) is 4.29. The minimum Gasteiger partial charge on any atom is -0.469 e. The van der Waals surface area contributed by atoms with Gasteiger partial charge in [-0.1, -0.05) is 0 Å².